The van der Waals surface area contributed by atoms with E-state index in [0.717, 1.165) is 5.23 Å². The van der Waals surface area contributed by atoms with E-state index in [1.54, 1.807) is 11.8 Å². The predicted octanol–water partition coefficient (Wildman–Crippen LogP) is -0.0982. The van der Waals surface area contributed by atoms with Gasteiger partial charge in [-0.05, 0) is 31.2 Å². The highest BCUT2D eigenvalue weighted by atomic mass is 127. The van der Waals surface area contributed by atoms with Crippen LogP contribution in [0.5, 0.6) is 0 Å². The Morgan fingerprint density at radius 3 is 2.24 bits per heavy atom. The summed E-state index contributed by atoms with van der Waals surface area (Å²) in [5.74, 6) is 0. The number of hydrogen-bond acceptors (Lipinski definition) is 2. The van der Waals surface area contributed by atoms with Gasteiger partial charge in [-0.2, -0.15) is 4.58 Å². The molecule has 0 saturated carbocycles. The van der Waals surface area contributed by atoms with Crippen LogP contribution in [0.15, 0.2) is 30.3 Å². The SMILES string of the molecule is C[N+](C)=C1OC(C)(C)C(c2ccccc2)S1.[I-]. The van der Waals surface area contributed by atoms with Crippen LogP contribution in [-0.4, -0.2) is 29.5 Å². The number of hydrogen-bond donors (Lipinski definition) is 0. The number of nitrogens with zero attached hydrogens (tertiary/aromatic N) is 1. The Bertz CT molecular complexity index is 413. The van der Waals surface area contributed by atoms with Crippen LogP contribution < -0.4 is 24.0 Å². The van der Waals surface area contributed by atoms with Crippen molar-refractivity contribution in [2.24, 2.45) is 0 Å². The number of ether oxygens (including phenoxy) is 1. The minimum atomic E-state index is -0.147. The highest BCUT2D eigenvalue weighted by molar-refractivity contribution is 8.13. The molecular formula is C13H18INOS. The van der Waals surface area contributed by atoms with Gasteiger partial charge in [-0.25, -0.2) is 0 Å². The van der Waals surface area contributed by atoms with Gasteiger partial charge in [0.05, 0.1) is 5.25 Å². The first-order valence-electron chi connectivity index (χ1n) is 5.45. The van der Waals surface area contributed by atoms with Crippen molar-refractivity contribution < 1.29 is 33.3 Å². The Kier molecular flexibility index (Phi) is 4.89. The molecule has 2 rings (SSSR count). The summed E-state index contributed by atoms with van der Waals surface area (Å²) >= 11 is 1.80. The normalized spacial score (nSPS) is 21.6. The molecule has 0 bridgehead atoms. The Hall–Kier alpha value is -0.230. The second kappa shape index (κ2) is 5.61. The van der Waals surface area contributed by atoms with Crippen LogP contribution in [0.25, 0.3) is 0 Å². The predicted molar refractivity (Wildman–Crippen MR) is 69.1 cm³/mol. The van der Waals surface area contributed by atoms with Crippen molar-refractivity contribution in [2.75, 3.05) is 14.1 Å². The Labute approximate surface area is 124 Å². The largest absolute Gasteiger partial charge is 1.00 e. The molecule has 0 aliphatic carbocycles. The fourth-order valence-electron chi connectivity index (χ4n) is 1.84. The zero-order valence-electron chi connectivity index (χ0n) is 10.6. The zero-order valence-corrected chi connectivity index (χ0v) is 13.6. The second-order valence-corrected chi connectivity index (χ2v) is 5.83. The summed E-state index contributed by atoms with van der Waals surface area (Å²) in [7, 11) is 4.04. The summed E-state index contributed by atoms with van der Waals surface area (Å²) in [6.45, 7) is 4.29. The average molecular weight is 363 g/mol. The van der Waals surface area contributed by atoms with Gasteiger partial charge in [-0.3, -0.25) is 0 Å². The number of rotatable bonds is 1. The molecular weight excluding hydrogens is 345 g/mol. The minimum absolute atomic E-state index is 0. The molecule has 17 heavy (non-hydrogen) atoms. The minimum Gasteiger partial charge on any atom is -1.00 e. The van der Waals surface area contributed by atoms with E-state index in [-0.39, 0.29) is 29.6 Å². The molecule has 94 valence electrons. The summed E-state index contributed by atoms with van der Waals surface area (Å²) in [4.78, 5) is 0. The van der Waals surface area contributed by atoms with Crippen LogP contribution in [0.4, 0.5) is 0 Å². The molecule has 1 unspecified atom stereocenters. The van der Waals surface area contributed by atoms with Crippen molar-refractivity contribution in [1.82, 2.24) is 0 Å². The molecule has 0 radical (unpaired) electrons. The summed E-state index contributed by atoms with van der Waals surface area (Å²) < 4.78 is 8.02. The van der Waals surface area contributed by atoms with Gasteiger partial charge in [0.2, 0.25) is 0 Å². The lowest BCUT2D eigenvalue weighted by atomic mass is 9.98. The summed E-state index contributed by atoms with van der Waals surface area (Å²) in [5, 5.41) is 1.37. The first-order chi connectivity index (χ1) is 7.50. The molecule has 0 amide bonds. The zero-order chi connectivity index (χ0) is 11.8. The van der Waals surface area contributed by atoms with Crippen molar-refractivity contribution in [3.05, 3.63) is 35.9 Å². The van der Waals surface area contributed by atoms with E-state index in [1.807, 2.05) is 24.7 Å². The van der Waals surface area contributed by atoms with Gasteiger partial charge in [-0.15, -0.1) is 0 Å². The lowest BCUT2D eigenvalue weighted by Gasteiger charge is -2.23. The summed E-state index contributed by atoms with van der Waals surface area (Å²) in [6, 6.07) is 10.6. The third-order valence-electron chi connectivity index (χ3n) is 2.67. The third-order valence-corrected chi connectivity index (χ3v) is 4.39. The molecule has 1 aliphatic rings. The molecule has 0 N–H and O–H groups in total. The van der Waals surface area contributed by atoms with Crippen molar-refractivity contribution in [2.45, 2.75) is 24.7 Å². The topological polar surface area (TPSA) is 12.2 Å². The van der Waals surface area contributed by atoms with Gasteiger partial charge in [0, 0.05) is 0 Å². The first kappa shape index (κ1) is 14.8. The van der Waals surface area contributed by atoms with Gasteiger partial charge >= 0.3 is 5.23 Å². The van der Waals surface area contributed by atoms with Gasteiger partial charge in [0.15, 0.2) is 0 Å². The summed E-state index contributed by atoms with van der Waals surface area (Å²) in [6.07, 6.45) is 0. The molecule has 1 saturated heterocycles. The van der Waals surface area contributed by atoms with Crippen LogP contribution in [0, 0.1) is 0 Å². The van der Waals surface area contributed by atoms with E-state index in [2.05, 4.69) is 38.1 Å². The monoisotopic (exact) mass is 363 g/mol. The summed E-state index contributed by atoms with van der Waals surface area (Å²) in [5.41, 5.74) is 1.18. The Balaban J connectivity index is 0.00000144. The molecule has 1 aliphatic heterocycles. The van der Waals surface area contributed by atoms with E-state index in [9.17, 15) is 0 Å². The maximum Gasteiger partial charge on any atom is 0.401 e. The fraction of sp³-hybridized carbons (Fsp3) is 0.462. The fourth-order valence-corrected chi connectivity index (χ4v) is 3.14. The van der Waals surface area contributed by atoms with Crippen LogP contribution in [-0.2, 0) is 4.74 Å². The average Bonchev–Trinajstić information content (AvgIpc) is 2.56. The van der Waals surface area contributed by atoms with E-state index in [0.29, 0.717) is 5.25 Å². The Morgan fingerprint density at radius 2 is 1.76 bits per heavy atom. The lowest BCUT2D eigenvalue weighted by molar-refractivity contribution is -0.471. The molecule has 2 nitrogen and oxygen atoms in total. The maximum absolute atomic E-state index is 5.98. The molecule has 1 atom stereocenters. The van der Waals surface area contributed by atoms with Gasteiger partial charge < -0.3 is 28.7 Å². The quantitative estimate of drug-likeness (QED) is 0.511. The second-order valence-electron chi connectivity index (χ2n) is 4.77. The standard InChI is InChI=1S/C13H18NOS.HI/c1-13(2)11(10-8-6-5-7-9-10)16-12(15-13)14(3)4;/h5-9,11H,1-4H3;1H/q+1;/p-1. The van der Waals surface area contributed by atoms with Crippen molar-refractivity contribution >= 4 is 17.0 Å². The smallest absolute Gasteiger partial charge is 0.401 e. The number of benzene rings is 1. The van der Waals surface area contributed by atoms with Gasteiger partial charge in [0.1, 0.15) is 19.7 Å². The Morgan fingerprint density at radius 1 is 1.18 bits per heavy atom. The van der Waals surface area contributed by atoms with E-state index in [1.165, 1.54) is 5.56 Å². The van der Waals surface area contributed by atoms with Crippen molar-refractivity contribution in [3.8, 4) is 0 Å². The molecule has 1 fully saturated rings. The highest BCUT2D eigenvalue weighted by Gasteiger charge is 2.45. The van der Waals surface area contributed by atoms with E-state index >= 15 is 0 Å². The van der Waals surface area contributed by atoms with Crippen LogP contribution >= 0.6 is 11.8 Å². The number of thioether (sulfide) groups is 1. The molecule has 0 spiro atoms. The first-order valence-corrected chi connectivity index (χ1v) is 6.33. The van der Waals surface area contributed by atoms with Crippen molar-refractivity contribution in [1.29, 1.82) is 0 Å². The van der Waals surface area contributed by atoms with Gasteiger partial charge in [0.25, 0.3) is 0 Å². The maximum atomic E-state index is 5.98. The van der Waals surface area contributed by atoms with Crippen molar-refractivity contribution in [3.63, 3.8) is 0 Å². The molecule has 1 heterocycles. The van der Waals surface area contributed by atoms with Gasteiger partial charge in [-0.1, -0.05) is 30.3 Å². The van der Waals surface area contributed by atoms with E-state index < -0.39 is 0 Å². The number of halogens is 1. The van der Waals surface area contributed by atoms with E-state index in [4.69, 9.17) is 4.74 Å². The molecule has 4 heteroatoms. The van der Waals surface area contributed by atoms with Crippen LogP contribution in [0.2, 0.25) is 0 Å². The van der Waals surface area contributed by atoms with Crippen LogP contribution in [0.3, 0.4) is 0 Å². The molecule has 1 aromatic rings. The highest BCUT2D eigenvalue weighted by Crippen LogP contribution is 2.47. The molecule has 1 aromatic carbocycles. The third kappa shape index (κ3) is 3.16. The lowest BCUT2D eigenvalue weighted by Crippen LogP contribution is -3.00. The molecule has 0 aromatic heterocycles. The van der Waals surface area contributed by atoms with Crippen LogP contribution in [0.1, 0.15) is 24.7 Å².